The number of alkyl halides is 3. The molecule has 1 heterocycles. The molecule has 1 unspecified atom stereocenters. The Morgan fingerprint density at radius 2 is 2.14 bits per heavy atom. The highest BCUT2D eigenvalue weighted by Gasteiger charge is 2.35. The zero-order valence-electron chi connectivity index (χ0n) is 10.8. The molecule has 0 saturated carbocycles. The highest BCUT2D eigenvalue weighted by Crippen LogP contribution is 2.37. The first-order valence-corrected chi connectivity index (χ1v) is 6.57. The predicted molar refractivity (Wildman–Crippen MR) is 71.2 cm³/mol. The van der Waals surface area contributed by atoms with E-state index in [-0.39, 0.29) is 23.9 Å². The van der Waals surface area contributed by atoms with Crippen molar-refractivity contribution in [1.29, 1.82) is 0 Å². The van der Waals surface area contributed by atoms with E-state index >= 15 is 0 Å². The van der Waals surface area contributed by atoms with Crippen molar-refractivity contribution in [3.05, 3.63) is 34.1 Å². The molecule has 0 saturated heterocycles. The van der Waals surface area contributed by atoms with Crippen LogP contribution in [0, 0.1) is 0 Å². The summed E-state index contributed by atoms with van der Waals surface area (Å²) in [5, 5.41) is 3.56. The Balaban J connectivity index is 2.43. The van der Waals surface area contributed by atoms with Gasteiger partial charge in [0.15, 0.2) is 0 Å². The summed E-state index contributed by atoms with van der Waals surface area (Å²) in [7, 11) is 1.44. The van der Waals surface area contributed by atoms with Gasteiger partial charge in [0.05, 0.1) is 12.2 Å². The minimum Gasteiger partial charge on any atom is -0.383 e. The van der Waals surface area contributed by atoms with Gasteiger partial charge in [-0.25, -0.2) is 0 Å². The fourth-order valence-electron chi connectivity index (χ4n) is 1.69. The van der Waals surface area contributed by atoms with Gasteiger partial charge < -0.3 is 15.0 Å². The first-order chi connectivity index (χ1) is 9.82. The number of benzene rings is 1. The van der Waals surface area contributed by atoms with Crippen LogP contribution in [-0.2, 0) is 10.9 Å². The molecule has 2 N–H and O–H groups in total. The van der Waals surface area contributed by atoms with Gasteiger partial charge in [0, 0.05) is 17.1 Å². The monoisotopic (exact) mass is 365 g/mol. The Kier molecular flexibility index (Phi) is 4.64. The quantitative estimate of drug-likeness (QED) is 0.900. The second kappa shape index (κ2) is 6.12. The maximum absolute atomic E-state index is 13.0. The highest BCUT2D eigenvalue weighted by atomic mass is 79.9. The molecule has 0 aliphatic carbocycles. The lowest BCUT2D eigenvalue weighted by atomic mass is 10.1. The van der Waals surface area contributed by atoms with E-state index in [1.807, 2.05) is 0 Å². The molecule has 5 nitrogen and oxygen atoms in total. The first kappa shape index (κ1) is 15.9. The fourth-order valence-corrected chi connectivity index (χ4v) is 2.05. The van der Waals surface area contributed by atoms with E-state index in [4.69, 9.17) is 15.0 Å². The fraction of sp³-hybridized carbons (Fsp3) is 0.333. The molecule has 0 aliphatic rings. The van der Waals surface area contributed by atoms with Crippen LogP contribution in [0.25, 0.3) is 11.4 Å². The van der Waals surface area contributed by atoms with Gasteiger partial charge in [-0.3, -0.25) is 0 Å². The van der Waals surface area contributed by atoms with Crippen molar-refractivity contribution in [1.82, 2.24) is 10.1 Å². The number of hydrogen-bond donors (Lipinski definition) is 1. The molecule has 21 heavy (non-hydrogen) atoms. The maximum atomic E-state index is 13.0. The zero-order valence-corrected chi connectivity index (χ0v) is 12.4. The van der Waals surface area contributed by atoms with E-state index < -0.39 is 17.8 Å². The maximum Gasteiger partial charge on any atom is 0.417 e. The number of nitrogens with two attached hydrogens (primary N) is 1. The molecule has 114 valence electrons. The van der Waals surface area contributed by atoms with Crippen LogP contribution in [0.1, 0.15) is 17.5 Å². The summed E-state index contributed by atoms with van der Waals surface area (Å²) in [6.45, 7) is 0.119. The van der Waals surface area contributed by atoms with E-state index in [0.717, 1.165) is 6.07 Å². The van der Waals surface area contributed by atoms with E-state index in [2.05, 4.69) is 26.1 Å². The molecule has 0 amide bonds. The summed E-state index contributed by atoms with van der Waals surface area (Å²) < 4.78 is 49.2. The molecule has 0 fully saturated rings. The number of rotatable bonds is 4. The first-order valence-electron chi connectivity index (χ1n) is 5.78. The summed E-state index contributed by atoms with van der Waals surface area (Å²) >= 11 is 3.01. The standard InChI is InChI=1S/C12H11BrF3N3O2/c1-20-5-9(17)11-18-10(19-21-11)7-3-2-6(13)4-8(7)12(14,15)16/h2-4,9H,5,17H2,1H3. The van der Waals surface area contributed by atoms with Crippen LogP contribution in [0.15, 0.2) is 27.2 Å². The van der Waals surface area contributed by atoms with Crippen molar-refractivity contribution >= 4 is 15.9 Å². The number of ether oxygens (including phenoxy) is 1. The van der Waals surface area contributed by atoms with Crippen LogP contribution in [0.5, 0.6) is 0 Å². The number of nitrogens with zero attached hydrogens (tertiary/aromatic N) is 2. The van der Waals surface area contributed by atoms with Crippen LogP contribution in [0.4, 0.5) is 13.2 Å². The van der Waals surface area contributed by atoms with E-state index in [9.17, 15) is 13.2 Å². The molecule has 9 heteroatoms. The molecule has 1 aromatic carbocycles. The largest absolute Gasteiger partial charge is 0.417 e. The molecule has 2 rings (SSSR count). The minimum absolute atomic E-state index is 0.0166. The Labute approximate surface area is 126 Å². The summed E-state index contributed by atoms with van der Waals surface area (Å²) in [5.74, 6) is -0.153. The average Bonchev–Trinajstić information content (AvgIpc) is 2.87. The van der Waals surface area contributed by atoms with Gasteiger partial charge in [-0.2, -0.15) is 18.2 Å². The summed E-state index contributed by atoms with van der Waals surface area (Å²) in [4.78, 5) is 3.90. The molecule has 2 aromatic rings. The predicted octanol–water partition coefficient (Wildman–Crippen LogP) is 3.16. The van der Waals surface area contributed by atoms with Gasteiger partial charge in [0.1, 0.15) is 6.04 Å². The molecule has 0 spiro atoms. The lowest BCUT2D eigenvalue weighted by Gasteiger charge is -2.10. The van der Waals surface area contributed by atoms with Gasteiger partial charge in [0.2, 0.25) is 11.7 Å². The van der Waals surface area contributed by atoms with Gasteiger partial charge in [-0.1, -0.05) is 21.1 Å². The molecule has 0 bridgehead atoms. The van der Waals surface area contributed by atoms with Crippen LogP contribution >= 0.6 is 15.9 Å². The Morgan fingerprint density at radius 3 is 2.76 bits per heavy atom. The normalized spacial score (nSPS) is 13.4. The van der Waals surface area contributed by atoms with Crippen molar-refractivity contribution in [3.63, 3.8) is 0 Å². The molecule has 0 aliphatic heterocycles. The molecule has 1 aromatic heterocycles. The Hall–Kier alpha value is -1.45. The van der Waals surface area contributed by atoms with Crippen LogP contribution in [-0.4, -0.2) is 23.9 Å². The van der Waals surface area contributed by atoms with Crippen molar-refractivity contribution in [2.24, 2.45) is 5.73 Å². The second-order valence-corrected chi connectivity index (χ2v) is 5.12. The summed E-state index contributed by atoms with van der Waals surface area (Å²) in [6, 6.07) is 3.00. The smallest absolute Gasteiger partial charge is 0.383 e. The van der Waals surface area contributed by atoms with Crippen LogP contribution in [0.3, 0.4) is 0 Å². The minimum atomic E-state index is -4.53. The second-order valence-electron chi connectivity index (χ2n) is 4.21. The van der Waals surface area contributed by atoms with Crippen LogP contribution < -0.4 is 5.73 Å². The molecule has 1 atom stereocenters. The highest BCUT2D eigenvalue weighted by molar-refractivity contribution is 9.10. The van der Waals surface area contributed by atoms with Gasteiger partial charge >= 0.3 is 6.18 Å². The van der Waals surface area contributed by atoms with Crippen LogP contribution in [0.2, 0.25) is 0 Å². The van der Waals surface area contributed by atoms with Crippen molar-refractivity contribution in [2.45, 2.75) is 12.2 Å². The number of hydrogen-bond acceptors (Lipinski definition) is 5. The number of aromatic nitrogens is 2. The van der Waals surface area contributed by atoms with Crippen molar-refractivity contribution < 1.29 is 22.4 Å². The third-order valence-corrected chi connectivity index (χ3v) is 3.13. The van der Waals surface area contributed by atoms with Crippen molar-refractivity contribution in [2.75, 3.05) is 13.7 Å². The van der Waals surface area contributed by atoms with E-state index in [1.54, 1.807) is 0 Å². The number of halogens is 4. The third-order valence-electron chi connectivity index (χ3n) is 2.63. The third kappa shape index (κ3) is 3.60. The van der Waals surface area contributed by atoms with Gasteiger partial charge in [-0.05, 0) is 18.2 Å². The average molecular weight is 366 g/mol. The van der Waals surface area contributed by atoms with Crippen molar-refractivity contribution in [3.8, 4) is 11.4 Å². The lowest BCUT2D eigenvalue weighted by molar-refractivity contribution is -0.137. The Morgan fingerprint density at radius 1 is 1.43 bits per heavy atom. The van der Waals surface area contributed by atoms with Gasteiger partial charge in [-0.15, -0.1) is 0 Å². The summed E-state index contributed by atoms with van der Waals surface area (Å²) in [5.41, 5.74) is 4.66. The lowest BCUT2D eigenvalue weighted by Crippen LogP contribution is -2.16. The number of methoxy groups -OCH3 is 1. The van der Waals surface area contributed by atoms with E-state index in [0.29, 0.717) is 4.47 Å². The molecular formula is C12H11BrF3N3O2. The zero-order chi connectivity index (χ0) is 15.6. The molecule has 0 radical (unpaired) electrons. The van der Waals surface area contributed by atoms with E-state index in [1.165, 1.54) is 19.2 Å². The SMILES string of the molecule is COCC(N)c1nc(-c2ccc(Br)cc2C(F)(F)F)no1. The topological polar surface area (TPSA) is 74.2 Å². The Bertz CT molecular complexity index is 630. The summed E-state index contributed by atoms with van der Waals surface area (Å²) in [6.07, 6.45) is -4.53. The van der Waals surface area contributed by atoms with Gasteiger partial charge in [0.25, 0.3) is 0 Å². The molecular weight excluding hydrogens is 355 g/mol.